The summed E-state index contributed by atoms with van der Waals surface area (Å²) in [5.74, 6) is -1.71. The van der Waals surface area contributed by atoms with Crippen molar-refractivity contribution in [1.82, 2.24) is 9.97 Å². The second kappa shape index (κ2) is 6.68. The molecule has 1 aliphatic heterocycles. The molecule has 0 unspecified atom stereocenters. The van der Waals surface area contributed by atoms with Crippen LogP contribution in [0.5, 0.6) is 0 Å². The van der Waals surface area contributed by atoms with Crippen LogP contribution in [0, 0.1) is 11.6 Å². The van der Waals surface area contributed by atoms with Gasteiger partial charge in [-0.2, -0.15) is 0 Å². The van der Waals surface area contributed by atoms with Gasteiger partial charge in [0.1, 0.15) is 11.6 Å². The topological polar surface area (TPSA) is 58.1 Å². The Kier molecular flexibility index (Phi) is 4.45. The van der Waals surface area contributed by atoms with E-state index in [0.717, 1.165) is 37.9 Å². The number of nitrogens with one attached hydrogen (secondary N) is 1. The number of nitrogens with zero attached hydrogens (tertiary/aromatic N) is 3. The number of pyridine rings is 2. The lowest BCUT2D eigenvalue weighted by atomic mass is 10.1. The average Bonchev–Trinajstić information content (AvgIpc) is 2.56. The Morgan fingerprint density at radius 1 is 1.09 bits per heavy atom. The van der Waals surface area contributed by atoms with E-state index in [1.807, 2.05) is 6.07 Å². The maximum atomic E-state index is 13.5. The fourth-order valence-corrected chi connectivity index (χ4v) is 2.54. The fourth-order valence-electron chi connectivity index (χ4n) is 2.54. The SMILES string of the molecule is O=C(Nc1ccc(N2CCCCC2)nc1)c1ncc(F)cc1F. The molecule has 120 valence electrons. The van der Waals surface area contributed by atoms with Gasteiger partial charge in [-0.15, -0.1) is 0 Å². The third kappa shape index (κ3) is 3.61. The van der Waals surface area contributed by atoms with E-state index in [9.17, 15) is 13.6 Å². The van der Waals surface area contributed by atoms with E-state index in [4.69, 9.17) is 0 Å². The van der Waals surface area contributed by atoms with Crippen LogP contribution in [0.4, 0.5) is 20.3 Å². The highest BCUT2D eigenvalue weighted by Crippen LogP contribution is 2.19. The van der Waals surface area contributed by atoms with Crippen LogP contribution in [0.2, 0.25) is 0 Å². The van der Waals surface area contributed by atoms with Crippen LogP contribution < -0.4 is 10.2 Å². The minimum atomic E-state index is -1.000. The molecule has 2 aromatic rings. The second-order valence-electron chi connectivity index (χ2n) is 5.39. The zero-order valence-electron chi connectivity index (χ0n) is 12.4. The summed E-state index contributed by atoms with van der Waals surface area (Å²) in [5.41, 5.74) is -0.0206. The second-order valence-corrected chi connectivity index (χ2v) is 5.39. The number of anilines is 2. The Hall–Kier alpha value is -2.57. The molecule has 3 heterocycles. The Bertz CT molecular complexity index is 700. The van der Waals surface area contributed by atoms with Crippen LogP contribution in [-0.4, -0.2) is 29.0 Å². The molecule has 1 fully saturated rings. The number of halogens is 2. The molecule has 1 aliphatic rings. The van der Waals surface area contributed by atoms with Gasteiger partial charge in [0.25, 0.3) is 5.91 Å². The molecule has 1 amide bonds. The maximum Gasteiger partial charge on any atom is 0.277 e. The van der Waals surface area contributed by atoms with Gasteiger partial charge in [-0.1, -0.05) is 0 Å². The van der Waals surface area contributed by atoms with Crippen LogP contribution >= 0.6 is 0 Å². The Balaban J connectivity index is 1.69. The quantitative estimate of drug-likeness (QED) is 0.945. The molecule has 0 bridgehead atoms. The van der Waals surface area contributed by atoms with Crippen LogP contribution in [-0.2, 0) is 0 Å². The molecule has 3 rings (SSSR count). The van der Waals surface area contributed by atoms with E-state index in [0.29, 0.717) is 11.8 Å². The Morgan fingerprint density at radius 3 is 2.52 bits per heavy atom. The summed E-state index contributed by atoms with van der Waals surface area (Å²) in [5, 5.41) is 2.50. The lowest BCUT2D eigenvalue weighted by molar-refractivity contribution is 0.101. The summed E-state index contributed by atoms with van der Waals surface area (Å²) in [7, 11) is 0. The van der Waals surface area contributed by atoms with Gasteiger partial charge in [-0.25, -0.2) is 18.7 Å². The molecule has 1 N–H and O–H groups in total. The Morgan fingerprint density at radius 2 is 1.87 bits per heavy atom. The first-order valence-corrected chi connectivity index (χ1v) is 7.47. The lowest BCUT2D eigenvalue weighted by Gasteiger charge is -2.27. The minimum absolute atomic E-state index is 0.432. The van der Waals surface area contributed by atoms with Crippen molar-refractivity contribution >= 4 is 17.4 Å². The van der Waals surface area contributed by atoms with Gasteiger partial charge < -0.3 is 10.2 Å². The zero-order valence-corrected chi connectivity index (χ0v) is 12.4. The van der Waals surface area contributed by atoms with Crippen molar-refractivity contribution in [1.29, 1.82) is 0 Å². The summed E-state index contributed by atoms with van der Waals surface area (Å²) in [6.45, 7) is 1.95. The van der Waals surface area contributed by atoms with Crippen LogP contribution in [0.1, 0.15) is 29.8 Å². The molecular formula is C16H16F2N4O. The molecule has 0 atom stereocenters. The molecule has 2 aromatic heterocycles. The van der Waals surface area contributed by atoms with E-state index >= 15 is 0 Å². The molecule has 0 aliphatic carbocycles. The molecule has 5 nitrogen and oxygen atoms in total. The van der Waals surface area contributed by atoms with E-state index in [1.54, 1.807) is 6.07 Å². The molecule has 0 radical (unpaired) electrons. The third-order valence-corrected chi connectivity index (χ3v) is 3.71. The predicted octanol–water partition coefficient (Wildman–Crippen LogP) is 3.00. The summed E-state index contributed by atoms with van der Waals surface area (Å²) in [6.07, 6.45) is 5.85. The first-order valence-electron chi connectivity index (χ1n) is 7.47. The number of hydrogen-bond acceptors (Lipinski definition) is 4. The number of amides is 1. The highest BCUT2D eigenvalue weighted by Gasteiger charge is 2.16. The van der Waals surface area contributed by atoms with Crippen LogP contribution in [0.25, 0.3) is 0 Å². The molecule has 0 saturated carbocycles. The van der Waals surface area contributed by atoms with Crippen molar-refractivity contribution in [3.8, 4) is 0 Å². The summed E-state index contributed by atoms with van der Waals surface area (Å²) in [6, 6.07) is 4.14. The van der Waals surface area contributed by atoms with E-state index in [1.165, 1.54) is 12.6 Å². The first-order chi connectivity index (χ1) is 11.1. The van der Waals surface area contributed by atoms with Gasteiger partial charge in [-0.3, -0.25) is 4.79 Å². The summed E-state index contributed by atoms with van der Waals surface area (Å²) >= 11 is 0. The van der Waals surface area contributed by atoms with Gasteiger partial charge >= 0.3 is 0 Å². The standard InChI is InChI=1S/C16H16F2N4O/c17-11-8-13(18)15(20-9-11)16(23)21-12-4-5-14(19-10-12)22-6-2-1-3-7-22/h4-5,8-10H,1-3,6-7H2,(H,21,23). The number of aromatic nitrogens is 2. The third-order valence-electron chi connectivity index (χ3n) is 3.71. The zero-order chi connectivity index (χ0) is 16.2. The highest BCUT2D eigenvalue weighted by atomic mass is 19.1. The van der Waals surface area contributed by atoms with Gasteiger partial charge in [0, 0.05) is 19.2 Å². The molecule has 1 saturated heterocycles. The number of carbonyl (C=O) groups is 1. The van der Waals surface area contributed by atoms with Crippen molar-refractivity contribution in [2.45, 2.75) is 19.3 Å². The fraction of sp³-hybridized carbons (Fsp3) is 0.312. The minimum Gasteiger partial charge on any atom is -0.357 e. The summed E-state index contributed by atoms with van der Waals surface area (Å²) in [4.78, 5) is 21.9. The van der Waals surface area contributed by atoms with Gasteiger partial charge in [-0.05, 0) is 31.4 Å². The van der Waals surface area contributed by atoms with Crippen molar-refractivity contribution in [3.05, 3.63) is 47.9 Å². The molecule has 7 heteroatoms. The summed E-state index contributed by atoms with van der Waals surface area (Å²) < 4.78 is 26.3. The van der Waals surface area contributed by atoms with Crippen molar-refractivity contribution in [2.75, 3.05) is 23.3 Å². The number of rotatable bonds is 3. The van der Waals surface area contributed by atoms with Gasteiger partial charge in [0.05, 0.1) is 18.1 Å². The van der Waals surface area contributed by atoms with E-state index < -0.39 is 23.2 Å². The molecule has 23 heavy (non-hydrogen) atoms. The monoisotopic (exact) mass is 318 g/mol. The Labute approximate surface area is 132 Å². The number of hydrogen-bond donors (Lipinski definition) is 1. The molecular weight excluding hydrogens is 302 g/mol. The van der Waals surface area contributed by atoms with Crippen LogP contribution in [0.15, 0.2) is 30.6 Å². The van der Waals surface area contributed by atoms with Gasteiger partial charge in [0.15, 0.2) is 11.5 Å². The average molecular weight is 318 g/mol. The van der Waals surface area contributed by atoms with E-state index in [-0.39, 0.29) is 0 Å². The molecule has 0 spiro atoms. The van der Waals surface area contributed by atoms with Crippen LogP contribution in [0.3, 0.4) is 0 Å². The number of carbonyl (C=O) groups excluding carboxylic acids is 1. The maximum absolute atomic E-state index is 13.5. The van der Waals surface area contributed by atoms with Crippen molar-refractivity contribution in [3.63, 3.8) is 0 Å². The van der Waals surface area contributed by atoms with Crippen molar-refractivity contribution < 1.29 is 13.6 Å². The first kappa shape index (κ1) is 15.3. The van der Waals surface area contributed by atoms with Crippen molar-refractivity contribution in [2.24, 2.45) is 0 Å². The smallest absolute Gasteiger partial charge is 0.277 e. The molecule has 0 aromatic carbocycles. The van der Waals surface area contributed by atoms with Gasteiger partial charge in [0.2, 0.25) is 0 Å². The highest BCUT2D eigenvalue weighted by molar-refractivity contribution is 6.02. The largest absolute Gasteiger partial charge is 0.357 e. The lowest BCUT2D eigenvalue weighted by Crippen LogP contribution is -2.30. The predicted molar refractivity (Wildman–Crippen MR) is 82.4 cm³/mol. The normalized spacial score (nSPS) is 14.6. The number of piperidine rings is 1. The van der Waals surface area contributed by atoms with E-state index in [2.05, 4.69) is 20.2 Å².